The number of aromatic nitrogens is 3. The molecule has 0 saturated heterocycles. The predicted molar refractivity (Wildman–Crippen MR) is 68.4 cm³/mol. The fraction of sp³-hybridized carbons (Fsp3) is 0.545. The second-order valence-electron chi connectivity index (χ2n) is 4.04. The molecule has 0 aliphatic carbocycles. The average Bonchev–Trinajstić information content (AvgIpc) is 2.28. The van der Waals surface area contributed by atoms with E-state index in [1.54, 1.807) is 0 Å². The zero-order chi connectivity index (χ0) is 12.9. The minimum Gasteiger partial charge on any atom is -0.285 e. The standard InChI is InChI=1S/C11H16ClN5/c1-5-7-17(11(3,4)6-2)16-10-14-8-13-9(12)15-10/h2,8H,5,7H2,1,3-4H3,(H,13,14,15,16). The molecule has 0 radical (unpaired) electrons. The Bertz CT molecular complexity index is 413. The van der Waals surface area contributed by atoms with E-state index < -0.39 is 5.54 Å². The van der Waals surface area contributed by atoms with Crippen LogP contribution >= 0.6 is 11.6 Å². The summed E-state index contributed by atoms with van der Waals surface area (Å²) >= 11 is 5.69. The van der Waals surface area contributed by atoms with E-state index in [0.29, 0.717) is 5.95 Å². The number of anilines is 1. The molecule has 0 atom stereocenters. The van der Waals surface area contributed by atoms with Crippen molar-refractivity contribution in [2.75, 3.05) is 12.0 Å². The lowest BCUT2D eigenvalue weighted by molar-refractivity contribution is 0.209. The maximum Gasteiger partial charge on any atom is 0.241 e. The Morgan fingerprint density at radius 3 is 2.76 bits per heavy atom. The van der Waals surface area contributed by atoms with Gasteiger partial charge in [0.2, 0.25) is 11.2 Å². The fourth-order valence-electron chi connectivity index (χ4n) is 1.23. The molecule has 0 aliphatic rings. The number of hydrogen-bond donors (Lipinski definition) is 1. The third-order valence-electron chi connectivity index (χ3n) is 2.25. The van der Waals surface area contributed by atoms with Crippen LogP contribution in [-0.2, 0) is 0 Å². The molecule has 0 bridgehead atoms. The molecule has 1 aromatic heterocycles. The highest BCUT2D eigenvalue weighted by atomic mass is 35.5. The van der Waals surface area contributed by atoms with Gasteiger partial charge in [0.15, 0.2) is 0 Å². The molecule has 6 heteroatoms. The van der Waals surface area contributed by atoms with Crippen molar-refractivity contribution in [2.24, 2.45) is 0 Å². The molecule has 17 heavy (non-hydrogen) atoms. The van der Waals surface area contributed by atoms with E-state index in [1.807, 2.05) is 18.9 Å². The Morgan fingerprint density at radius 1 is 1.53 bits per heavy atom. The Kier molecular flexibility index (Phi) is 4.67. The summed E-state index contributed by atoms with van der Waals surface area (Å²) < 4.78 is 0. The van der Waals surface area contributed by atoms with Crippen LogP contribution in [0.3, 0.4) is 0 Å². The van der Waals surface area contributed by atoms with Crippen LogP contribution in [0.5, 0.6) is 0 Å². The molecule has 0 spiro atoms. The molecule has 0 unspecified atom stereocenters. The molecule has 1 rings (SSSR count). The maximum atomic E-state index is 5.69. The van der Waals surface area contributed by atoms with Crippen molar-refractivity contribution in [3.8, 4) is 12.3 Å². The van der Waals surface area contributed by atoms with Gasteiger partial charge in [-0.25, -0.2) is 15.0 Å². The summed E-state index contributed by atoms with van der Waals surface area (Å²) in [5.41, 5.74) is 2.62. The molecule has 1 N–H and O–H groups in total. The zero-order valence-corrected chi connectivity index (χ0v) is 11.0. The van der Waals surface area contributed by atoms with Crippen molar-refractivity contribution in [3.63, 3.8) is 0 Å². The van der Waals surface area contributed by atoms with Gasteiger partial charge in [0.25, 0.3) is 0 Å². The summed E-state index contributed by atoms with van der Waals surface area (Å²) in [6, 6.07) is 0. The maximum absolute atomic E-state index is 5.69. The van der Waals surface area contributed by atoms with Gasteiger partial charge in [0, 0.05) is 6.54 Å². The molecule has 0 fully saturated rings. The quantitative estimate of drug-likeness (QED) is 0.642. The van der Waals surface area contributed by atoms with Gasteiger partial charge in [0.1, 0.15) is 6.33 Å². The fourth-order valence-corrected chi connectivity index (χ4v) is 1.35. The van der Waals surface area contributed by atoms with Crippen molar-refractivity contribution in [1.82, 2.24) is 20.0 Å². The molecule has 1 heterocycles. The normalized spacial score (nSPS) is 11.3. The van der Waals surface area contributed by atoms with E-state index in [2.05, 4.69) is 33.2 Å². The number of rotatable bonds is 5. The minimum atomic E-state index is -0.435. The van der Waals surface area contributed by atoms with Gasteiger partial charge in [-0.15, -0.1) is 6.42 Å². The Labute approximate surface area is 107 Å². The topological polar surface area (TPSA) is 53.9 Å². The van der Waals surface area contributed by atoms with Gasteiger partial charge in [-0.05, 0) is 31.9 Å². The number of halogens is 1. The largest absolute Gasteiger partial charge is 0.285 e. The molecule has 92 valence electrons. The number of terminal acetylenes is 1. The van der Waals surface area contributed by atoms with Crippen LogP contribution in [-0.4, -0.2) is 32.0 Å². The van der Waals surface area contributed by atoms with Crippen LogP contribution in [0.15, 0.2) is 6.33 Å². The Balaban J connectivity index is 2.84. The summed E-state index contributed by atoms with van der Waals surface area (Å²) in [6.45, 7) is 6.74. The predicted octanol–water partition coefficient (Wildman–Crippen LogP) is 1.98. The molecule has 0 saturated carbocycles. The zero-order valence-electron chi connectivity index (χ0n) is 10.2. The van der Waals surface area contributed by atoms with Crippen LogP contribution in [0.4, 0.5) is 5.95 Å². The van der Waals surface area contributed by atoms with Gasteiger partial charge in [-0.3, -0.25) is 5.43 Å². The minimum absolute atomic E-state index is 0.150. The van der Waals surface area contributed by atoms with E-state index in [1.165, 1.54) is 6.33 Å². The molecule has 5 nitrogen and oxygen atoms in total. The summed E-state index contributed by atoms with van der Waals surface area (Å²) in [7, 11) is 0. The van der Waals surface area contributed by atoms with E-state index in [0.717, 1.165) is 13.0 Å². The first-order valence-corrected chi connectivity index (χ1v) is 5.74. The summed E-state index contributed by atoms with van der Waals surface area (Å²) in [4.78, 5) is 11.7. The van der Waals surface area contributed by atoms with Gasteiger partial charge in [-0.2, -0.15) is 4.98 Å². The number of hydrazine groups is 1. The smallest absolute Gasteiger partial charge is 0.241 e. The Morgan fingerprint density at radius 2 is 2.24 bits per heavy atom. The molecule has 0 amide bonds. The highest BCUT2D eigenvalue weighted by Crippen LogP contribution is 2.14. The van der Waals surface area contributed by atoms with E-state index in [-0.39, 0.29) is 5.28 Å². The first kappa shape index (κ1) is 13.7. The monoisotopic (exact) mass is 253 g/mol. The van der Waals surface area contributed by atoms with Gasteiger partial charge in [0.05, 0.1) is 5.54 Å². The van der Waals surface area contributed by atoms with Crippen molar-refractivity contribution in [2.45, 2.75) is 32.7 Å². The second kappa shape index (κ2) is 5.80. The van der Waals surface area contributed by atoms with Crippen LogP contribution < -0.4 is 5.43 Å². The van der Waals surface area contributed by atoms with Crippen LogP contribution in [0, 0.1) is 12.3 Å². The molecular formula is C11H16ClN5. The number of hydrogen-bond acceptors (Lipinski definition) is 5. The summed E-state index contributed by atoms with van der Waals surface area (Å²) in [6.07, 6.45) is 7.82. The van der Waals surface area contributed by atoms with Crippen molar-refractivity contribution in [3.05, 3.63) is 11.6 Å². The highest BCUT2D eigenvalue weighted by molar-refractivity contribution is 6.28. The van der Waals surface area contributed by atoms with E-state index in [4.69, 9.17) is 18.0 Å². The van der Waals surface area contributed by atoms with Gasteiger partial charge in [-0.1, -0.05) is 12.8 Å². The summed E-state index contributed by atoms with van der Waals surface area (Å²) in [5.74, 6) is 3.11. The highest BCUT2D eigenvalue weighted by Gasteiger charge is 2.24. The van der Waals surface area contributed by atoms with Crippen molar-refractivity contribution >= 4 is 17.5 Å². The van der Waals surface area contributed by atoms with Crippen molar-refractivity contribution in [1.29, 1.82) is 0 Å². The first-order chi connectivity index (χ1) is 7.99. The third-order valence-corrected chi connectivity index (χ3v) is 2.43. The van der Waals surface area contributed by atoms with Crippen LogP contribution in [0.1, 0.15) is 27.2 Å². The van der Waals surface area contributed by atoms with Crippen LogP contribution in [0.2, 0.25) is 5.28 Å². The lowest BCUT2D eigenvalue weighted by Gasteiger charge is -2.34. The number of nitrogens with zero attached hydrogens (tertiary/aromatic N) is 4. The third kappa shape index (κ3) is 3.84. The van der Waals surface area contributed by atoms with E-state index >= 15 is 0 Å². The average molecular weight is 254 g/mol. The molecule has 0 aromatic carbocycles. The van der Waals surface area contributed by atoms with E-state index in [9.17, 15) is 0 Å². The lowest BCUT2D eigenvalue weighted by Crippen LogP contribution is -2.47. The number of nitrogens with one attached hydrogen (secondary N) is 1. The summed E-state index contributed by atoms with van der Waals surface area (Å²) in [5, 5.41) is 2.05. The second-order valence-corrected chi connectivity index (χ2v) is 4.38. The molecule has 0 aliphatic heterocycles. The molecular weight excluding hydrogens is 238 g/mol. The van der Waals surface area contributed by atoms with Crippen LogP contribution in [0.25, 0.3) is 0 Å². The van der Waals surface area contributed by atoms with Gasteiger partial charge >= 0.3 is 0 Å². The SMILES string of the molecule is C#CC(C)(C)N(CCC)Nc1ncnc(Cl)n1. The lowest BCUT2D eigenvalue weighted by atomic mass is 10.1. The first-order valence-electron chi connectivity index (χ1n) is 5.36. The van der Waals surface area contributed by atoms with Crippen molar-refractivity contribution < 1.29 is 0 Å². The van der Waals surface area contributed by atoms with Gasteiger partial charge < -0.3 is 0 Å². The Hall–Kier alpha value is -1.38. The molecule has 1 aromatic rings.